The van der Waals surface area contributed by atoms with Gasteiger partial charge in [-0.2, -0.15) is 4.91 Å². The number of hydrogen-bond donors (Lipinski definition) is 0. The summed E-state index contributed by atoms with van der Waals surface area (Å²) in [4.78, 5) is 10.1. The van der Waals surface area contributed by atoms with Gasteiger partial charge < -0.3 is 4.65 Å². The van der Waals surface area contributed by atoms with E-state index in [1.54, 1.807) is 0 Å². The standard InChI is InChI=1S/C9H10BNO2/c1-6-3-2-4-7-8(5-11-12)13-10-9(6)7/h2-4,8,10H,5H2,1H3. The Morgan fingerprint density at radius 1 is 1.62 bits per heavy atom. The van der Waals surface area contributed by atoms with Crippen LogP contribution in [0, 0.1) is 11.8 Å². The van der Waals surface area contributed by atoms with E-state index < -0.39 is 0 Å². The Labute approximate surface area is 77.4 Å². The van der Waals surface area contributed by atoms with Gasteiger partial charge in [0.2, 0.25) is 0 Å². The maximum atomic E-state index is 10.1. The van der Waals surface area contributed by atoms with Gasteiger partial charge in [-0.1, -0.05) is 28.9 Å². The van der Waals surface area contributed by atoms with Gasteiger partial charge in [0.15, 0.2) is 0 Å². The van der Waals surface area contributed by atoms with Crippen LogP contribution in [0.3, 0.4) is 0 Å². The van der Waals surface area contributed by atoms with Crippen LogP contribution in [0.25, 0.3) is 0 Å². The minimum atomic E-state index is -0.118. The number of benzene rings is 1. The van der Waals surface area contributed by atoms with Gasteiger partial charge in [-0.05, 0) is 17.9 Å². The first-order valence-electron chi connectivity index (χ1n) is 4.32. The molecule has 1 aromatic carbocycles. The van der Waals surface area contributed by atoms with Crippen LogP contribution in [0.2, 0.25) is 0 Å². The van der Waals surface area contributed by atoms with E-state index in [9.17, 15) is 4.91 Å². The molecule has 0 N–H and O–H groups in total. The highest BCUT2D eigenvalue weighted by Crippen LogP contribution is 2.21. The summed E-state index contributed by atoms with van der Waals surface area (Å²) < 4.78 is 5.45. The molecule has 0 saturated carbocycles. The molecule has 3 nitrogen and oxygen atoms in total. The fraction of sp³-hybridized carbons (Fsp3) is 0.333. The van der Waals surface area contributed by atoms with Gasteiger partial charge in [0, 0.05) is 0 Å². The van der Waals surface area contributed by atoms with Gasteiger partial charge in [-0.15, -0.1) is 0 Å². The third-order valence-electron chi connectivity index (χ3n) is 2.46. The summed E-state index contributed by atoms with van der Waals surface area (Å²) in [6, 6.07) is 6.05. The van der Waals surface area contributed by atoms with Crippen LogP contribution < -0.4 is 5.46 Å². The Morgan fingerprint density at radius 3 is 3.23 bits per heavy atom. The van der Waals surface area contributed by atoms with Crippen molar-refractivity contribution in [2.45, 2.75) is 13.0 Å². The van der Waals surface area contributed by atoms with E-state index in [1.807, 2.05) is 12.1 Å². The van der Waals surface area contributed by atoms with Crippen molar-refractivity contribution < 1.29 is 4.65 Å². The molecule has 0 aliphatic carbocycles. The molecule has 1 aliphatic rings. The Bertz CT molecular complexity index is 340. The molecule has 1 unspecified atom stereocenters. The van der Waals surface area contributed by atoms with E-state index in [4.69, 9.17) is 4.65 Å². The largest absolute Gasteiger partial charge is 0.426 e. The molecule has 66 valence electrons. The number of aryl methyl sites for hydroxylation is 1. The molecule has 0 aromatic heterocycles. The zero-order chi connectivity index (χ0) is 9.26. The zero-order valence-electron chi connectivity index (χ0n) is 7.49. The van der Waals surface area contributed by atoms with E-state index in [0.29, 0.717) is 7.48 Å². The molecule has 1 atom stereocenters. The Kier molecular flexibility index (Phi) is 2.14. The minimum absolute atomic E-state index is 0.118. The first-order valence-corrected chi connectivity index (χ1v) is 4.32. The lowest BCUT2D eigenvalue weighted by atomic mass is 9.83. The van der Waals surface area contributed by atoms with E-state index in [1.165, 1.54) is 11.0 Å². The summed E-state index contributed by atoms with van der Waals surface area (Å²) in [6.07, 6.45) is -0.118. The fourth-order valence-corrected chi connectivity index (χ4v) is 1.72. The highest BCUT2D eigenvalue weighted by atomic mass is 16.4. The molecule has 1 aliphatic heterocycles. The molecule has 1 heterocycles. The van der Waals surface area contributed by atoms with Gasteiger partial charge in [-0.25, -0.2) is 0 Å². The normalized spacial score (nSPS) is 19.3. The number of nitroso groups, excluding NO2 is 1. The molecule has 0 fully saturated rings. The third-order valence-corrected chi connectivity index (χ3v) is 2.46. The van der Waals surface area contributed by atoms with Crippen LogP contribution in [-0.2, 0) is 4.65 Å². The summed E-state index contributed by atoms with van der Waals surface area (Å²) in [5.74, 6) is 0. The lowest BCUT2D eigenvalue weighted by molar-refractivity contribution is 0.244. The van der Waals surface area contributed by atoms with Crippen LogP contribution in [0.4, 0.5) is 0 Å². The maximum Gasteiger partial charge on any atom is 0.310 e. The predicted molar refractivity (Wildman–Crippen MR) is 52.5 cm³/mol. The van der Waals surface area contributed by atoms with E-state index in [2.05, 4.69) is 18.2 Å². The molecule has 0 amide bonds. The molecule has 4 heteroatoms. The third kappa shape index (κ3) is 1.37. The van der Waals surface area contributed by atoms with Crippen LogP contribution in [0.5, 0.6) is 0 Å². The first kappa shape index (κ1) is 8.44. The van der Waals surface area contributed by atoms with Gasteiger partial charge in [0.05, 0.1) is 6.10 Å². The highest BCUT2D eigenvalue weighted by molar-refractivity contribution is 6.49. The Morgan fingerprint density at radius 2 is 2.46 bits per heavy atom. The first-order chi connectivity index (χ1) is 6.33. The van der Waals surface area contributed by atoms with Crippen LogP contribution in [0.15, 0.2) is 23.4 Å². The number of rotatable bonds is 2. The summed E-state index contributed by atoms with van der Waals surface area (Å²) in [5.41, 5.74) is 3.57. The molecular weight excluding hydrogens is 165 g/mol. The minimum Gasteiger partial charge on any atom is -0.426 e. The summed E-state index contributed by atoms with van der Waals surface area (Å²) in [7, 11) is 0.613. The lowest BCUT2D eigenvalue weighted by Gasteiger charge is -2.07. The van der Waals surface area contributed by atoms with Crippen molar-refractivity contribution in [3.63, 3.8) is 0 Å². The van der Waals surface area contributed by atoms with Crippen molar-refractivity contribution in [3.8, 4) is 0 Å². The summed E-state index contributed by atoms with van der Waals surface area (Å²) in [6.45, 7) is 2.27. The number of hydrogen-bond acceptors (Lipinski definition) is 3. The molecular formula is C9H10BNO2. The number of nitrogens with zero attached hydrogens (tertiary/aromatic N) is 1. The van der Waals surface area contributed by atoms with Gasteiger partial charge in [-0.3, -0.25) is 0 Å². The predicted octanol–water partition coefficient (Wildman–Crippen LogP) is 0.810. The van der Waals surface area contributed by atoms with E-state index >= 15 is 0 Å². The lowest BCUT2D eigenvalue weighted by Crippen LogP contribution is -2.14. The van der Waals surface area contributed by atoms with E-state index in [-0.39, 0.29) is 12.6 Å². The van der Waals surface area contributed by atoms with Crippen LogP contribution in [-0.4, -0.2) is 14.0 Å². The van der Waals surface area contributed by atoms with Crippen molar-refractivity contribution in [1.82, 2.24) is 0 Å². The van der Waals surface area contributed by atoms with Gasteiger partial charge in [0.1, 0.15) is 6.54 Å². The van der Waals surface area contributed by atoms with E-state index in [0.717, 1.165) is 5.56 Å². The molecule has 0 spiro atoms. The highest BCUT2D eigenvalue weighted by Gasteiger charge is 2.25. The molecule has 0 radical (unpaired) electrons. The van der Waals surface area contributed by atoms with Crippen molar-refractivity contribution in [3.05, 3.63) is 34.2 Å². The molecule has 1 aromatic rings. The second kappa shape index (κ2) is 3.30. The van der Waals surface area contributed by atoms with Crippen molar-refractivity contribution in [2.75, 3.05) is 6.54 Å². The van der Waals surface area contributed by atoms with Crippen molar-refractivity contribution in [1.29, 1.82) is 0 Å². The summed E-state index contributed by atoms with van der Waals surface area (Å²) in [5, 5.41) is 2.87. The van der Waals surface area contributed by atoms with Crippen LogP contribution in [0.1, 0.15) is 17.2 Å². The molecule has 13 heavy (non-hydrogen) atoms. The SMILES string of the molecule is Cc1cccc2c1BOC2CN=O. The monoisotopic (exact) mass is 175 g/mol. The average molecular weight is 175 g/mol. The van der Waals surface area contributed by atoms with Crippen LogP contribution >= 0.6 is 0 Å². The van der Waals surface area contributed by atoms with Crippen molar-refractivity contribution >= 4 is 12.9 Å². The fourth-order valence-electron chi connectivity index (χ4n) is 1.72. The second-order valence-electron chi connectivity index (χ2n) is 3.25. The smallest absolute Gasteiger partial charge is 0.310 e. The van der Waals surface area contributed by atoms with Gasteiger partial charge >= 0.3 is 7.48 Å². The summed E-state index contributed by atoms with van der Waals surface area (Å²) >= 11 is 0. The molecule has 2 rings (SSSR count). The Hall–Kier alpha value is -1.16. The Balaban J connectivity index is 2.37. The quantitative estimate of drug-likeness (QED) is 0.492. The average Bonchev–Trinajstić information content (AvgIpc) is 2.51. The van der Waals surface area contributed by atoms with Crippen molar-refractivity contribution in [2.24, 2.45) is 5.18 Å². The zero-order valence-corrected chi connectivity index (χ0v) is 7.49. The maximum absolute atomic E-state index is 10.1. The van der Waals surface area contributed by atoms with Gasteiger partial charge in [0.25, 0.3) is 0 Å². The number of fused-ring (bicyclic) bond motifs is 1. The topological polar surface area (TPSA) is 38.7 Å². The second-order valence-corrected chi connectivity index (χ2v) is 3.25. The molecule has 0 bridgehead atoms. The molecule has 0 saturated heterocycles.